The number of para-hydroxylation sites is 1. The molecule has 0 aliphatic heterocycles. The molecule has 1 saturated carbocycles. The summed E-state index contributed by atoms with van der Waals surface area (Å²) in [6.45, 7) is 5.41. The minimum Gasteiger partial charge on any atom is -0.322 e. The zero-order chi connectivity index (χ0) is 14.7. The van der Waals surface area contributed by atoms with Gasteiger partial charge in [-0.2, -0.15) is 0 Å². The normalized spacial score (nSPS) is 15.9. The fraction of sp³-hybridized carbons (Fsp3) is 0.389. The third-order valence-corrected chi connectivity index (χ3v) is 4.41. The standard InChI is InChI=1S/C18H22N2O/c1-2-11-20(16-8-4-5-9-16)13-15-12-14-7-3-6-10-17(14)19-18(15)21/h2-3,6-7,10,12,16H,1,4-5,8-9,11,13H2,(H,19,21). The van der Waals surface area contributed by atoms with E-state index in [1.165, 1.54) is 25.7 Å². The molecule has 1 aliphatic rings. The van der Waals surface area contributed by atoms with Crippen molar-refractivity contribution >= 4 is 10.9 Å². The number of nitrogens with one attached hydrogen (secondary N) is 1. The Morgan fingerprint density at radius 1 is 1.29 bits per heavy atom. The topological polar surface area (TPSA) is 36.1 Å². The minimum absolute atomic E-state index is 0.0285. The van der Waals surface area contributed by atoms with Gasteiger partial charge in [-0.15, -0.1) is 6.58 Å². The van der Waals surface area contributed by atoms with Crippen molar-refractivity contribution < 1.29 is 0 Å². The zero-order valence-corrected chi connectivity index (χ0v) is 12.3. The molecular weight excluding hydrogens is 260 g/mol. The number of nitrogens with zero attached hydrogens (tertiary/aromatic N) is 1. The first kappa shape index (κ1) is 14.1. The first-order valence-corrected chi connectivity index (χ1v) is 7.74. The summed E-state index contributed by atoms with van der Waals surface area (Å²) in [4.78, 5) is 17.7. The molecular formula is C18H22N2O. The molecule has 21 heavy (non-hydrogen) atoms. The number of benzene rings is 1. The van der Waals surface area contributed by atoms with E-state index in [-0.39, 0.29) is 5.56 Å². The molecule has 0 unspecified atom stereocenters. The van der Waals surface area contributed by atoms with E-state index < -0.39 is 0 Å². The van der Waals surface area contributed by atoms with Gasteiger partial charge in [-0.3, -0.25) is 9.69 Å². The summed E-state index contributed by atoms with van der Waals surface area (Å²) >= 11 is 0. The molecule has 1 aliphatic carbocycles. The van der Waals surface area contributed by atoms with Gasteiger partial charge in [0.25, 0.3) is 5.56 Å². The Hall–Kier alpha value is -1.87. The van der Waals surface area contributed by atoms with Crippen LogP contribution in [0.2, 0.25) is 0 Å². The van der Waals surface area contributed by atoms with E-state index in [2.05, 4.69) is 16.5 Å². The third kappa shape index (κ3) is 3.08. The van der Waals surface area contributed by atoms with Gasteiger partial charge in [-0.1, -0.05) is 37.1 Å². The molecule has 1 aromatic carbocycles. The Morgan fingerprint density at radius 3 is 2.81 bits per heavy atom. The Labute approximate surface area is 125 Å². The van der Waals surface area contributed by atoms with Crippen molar-refractivity contribution in [2.24, 2.45) is 0 Å². The van der Waals surface area contributed by atoms with E-state index in [1.54, 1.807) is 0 Å². The largest absolute Gasteiger partial charge is 0.322 e. The second-order valence-electron chi connectivity index (χ2n) is 5.87. The van der Waals surface area contributed by atoms with Crippen LogP contribution in [0.3, 0.4) is 0 Å². The van der Waals surface area contributed by atoms with Crippen LogP contribution < -0.4 is 5.56 Å². The van der Waals surface area contributed by atoms with Crippen LogP contribution >= 0.6 is 0 Å². The summed E-state index contributed by atoms with van der Waals surface area (Å²) in [5, 5.41) is 1.09. The Morgan fingerprint density at radius 2 is 2.05 bits per heavy atom. The number of H-pyrrole nitrogens is 1. The van der Waals surface area contributed by atoms with Gasteiger partial charge in [0.15, 0.2) is 0 Å². The van der Waals surface area contributed by atoms with Crippen molar-refractivity contribution in [3.05, 3.63) is 58.9 Å². The van der Waals surface area contributed by atoms with Crippen molar-refractivity contribution in [2.45, 2.75) is 38.3 Å². The van der Waals surface area contributed by atoms with Crippen molar-refractivity contribution in [3.63, 3.8) is 0 Å². The number of aromatic nitrogens is 1. The van der Waals surface area contributed by atoms with Crippen molar-refractivity contribution in [1.82, 2.24) is 9.88 Å². The molecule has 3 heteroatoms. The van der Waals surface area contributed by atoms with E-state index in [4.69, 9.17) is 0 Å². The van der Waals surface area contributed by atoms with Gasteiger partial charge in [0.1, 0.15) is 0 Å². The molecule has 1 aromatic heterocycles. The highest BCUT2D eigenvalue weighted by molar-refractivity contribution is 5.78. The summed E-state index contributed by atoms with van der Waals surface area (Å²) in [5.41, 5.74) is 1.78. The molecule has 0 bridgehead atoms. The highest BCUT2D eigenvalue weighted by Gasteiger charge is 2.22. The van der Waals surface area contributed by atoms with E-state index in [9.17, 15) is 4.79 Å². The maximum atomic E-state index is 12.3. The zero-order valence-electron chi connectivity index (χ0n) is 12.3. The first-order chi connectivity index (χ1) is 10.3. The van der Waals surface area contributed by atoms with E-state index in [0.717, 1.165) is 23.0 Å². The highest BCUT2D eigenvalue weighted by atomic mass is 16.1. The van der Waals surface area contributed by atoms with Crippen LogP contribution in [0, 0.1) is 0 Å². The van der Waals surface area contributed by atoms with E-state index in [0.29, 0.717) is 12.6 Å². The lowest BCUT2D eigenvalue weighted by atomic mass is 10.1. The maximum Gasteiger partial charge on any atom is 0.252 e. The van der Waals surface area contributed by atoms with Gasteiger partial charge in [0.05, 0.1) is 0 Å². The van der Waals surface area contributed by atoms with Crippen LogP contribution in [0.5, 0.6) is 0 Å². The lowest BCUT2D eigenvalue weighted by Gasteiger charge is -2.27. The van der Waals surface area contributed by atoms with Crippen molar-refractivity contribution in [2.75, 3.05) is 6.54 Å². The van der Waals surface area contributed by atoms with E-state index >= 15 is 0 Å². The monoisotopic (exact) mass is 282 g/mol. The number of hydrogen-bond acceptors (Lipinski definition) is 2. The van der Waals surface area contributed by atoms with Crippen LogP contribution in [0.25, 0.3) is 10.9 Å². The molecule has 0 spiro atoms. The summed E-state index contributed by atoms with van der Waals surface area (Å²) in [6, 6.07) is 10.6. The van der Waals surface area contributed by atoms with Crippen LogP contribution in [0.1, 0.15) is 31.2 Å². The van der Waals surface area contributed by atoms with Gasteiger partial charge in [0, 0.05) is 30.2 Å². The first-order valence-electron chi connectivity index (χ1n) is 7.74. The second-order valence-corrected chi connectivity index (χ2v) is 5.87. The number of fused-ring (bicyclic) bond motifs is 1. The van der Waals surface area contributed by atoms with Gasteiger partial charge in [-0.05, 0) is 30.4 Å². The molecule has 3 rings (SSSR count). The summed E-state index contributed by atoms with van der Waals surface area (Å²) in [5.74, 6) is 0. The summed E-state index contributed by atoms with van der Waals surface area (Å²) in [6.07, 6.45) is 7.00. The van der Waals surface area contributed by atoms with Crippen LogP contribution in [0.4, 0.5) is 0 Å². The number of rotatable bonds is 5. The summed E-state index contributed by atoms with van der Waals surface area (Å²) in [7, 11) is 0. The Kier molecular flexibility index (Phi) is 4.20. The molecule has 0 saturated heterocycles. The lowest BCUT2D eigenvalue weighted by Crippen LogP contribution is -2.34. The van der Waals surface area contributed by atoms with Gasteiger partial charge < -0.3 is 4.98 Å². The van der Waals surface area contributed by atoms with Crippen LogP contribution in [0.15, 0.2) is 47.8 Å². The highest BCUT2D eigenvalue weighted by Crippen LogP contribution is 2.24. The Balaban J connectivity index is 1.89. The SMILES string of the molecule is C=CCN(Cc1cc2ccccc2[nH]c1=O)C1CCCC1. The van der Waals surface area contributed by atoms with Crippen molar-refractivity contribution in [1.29, 1.82) is 0 Å². The summed E-state index contributed by atoms with van der Waals surface area (Å²) < 4.78 is 0. The quantitative estimate of drug-likeness (QED) is 0.853. The smallest absolute Gasteiger partial charge is 0.252 e. The van der Waals surface area contributed by atoms with Gasteiger partial charge in [0.2, 0.25) is 0 Å². The number of aromatic amines is 1. The fourth-order valence-corrected chi connectivity index (χ4v) is 3.31. The lowest BCUT2D eigenvalue weighted by molar-refractivity contribution is 0.211. The molecule has 0 atom stereocenters. The maximum absolute atomic E-state index is 12.3. The Bertz CT molecular complexity index is 683. The predicted molar refractivity (Wildman–Crippen MR) is 87.4 cm³/mol. The molecule has 2 aromatic rings. The number of pyridine rings is 1. The van der Waals surface area contributed by atoms with Crippen LogP contribution in [-0.2, 0) is 6.54 Å². The molecule has 0 amide bonds. The van der Waals surface area contributed by atoms with Gasteiger partial charge in [-0.25, -0.2) is 0 Å². The van der Waals surface area contributed by atoms with Crippen LogP contribution in [-0.4, -0.2) is 22.5 Å². The molecule has 3 nitrogen and oxygen atoms in total. The van der Waals surface area contributed by atoms with E-state index in [1.807, 2.05) is 36.4 Å². The fourth-order valence-electron chi connectivity index (χ4n) is 3.31. The molecule has 0 radical (unpaired) electrons. The number of hydrogen-bond donors (Lipinski definition) is 1. The molecule has 1 fully saturated rings. The van der Waals surface area contributed by atoms with Crippen molar-refractivity contribution in [3.8, 4) is 0 Å². The minimum atomic E-state index is 0.0285. The molecule has 1 heterocycles. The average Bonchev–Trinajstić information content (AvgIpc) is 3.01. The molecule has 110 valence electrons. The average molecular weight is 282 g/mol. The third-order valence-electron chi connectivity index (χ3n) is 4.41. The predicted octanol–water partition coefficient (Wildman–Crippen LogP) is 3.46. The second kappa shape index (κ2) is 6.27. The van der Waals surface area contributed by atoms with Gasteiger partial charge >= 0.3 is 0 Å². The molecule has 1 N–H and O–H groups in total.